The van der Waals surface area contributed by atoms with Crippen molar-refractivity contribution in [3.05, 3.63) is 46.7 Å². The highest BCUT2D eigenvalue weighted by molar-refractivity contribution is 6.30. The van der Waals surface area contributed by atoms with Gasteiger partial charge in [-0.05, 0) is 55.9 Å². The fourth-order valence-electron chi connectivity index (χ4n) is 3.66. The summed E-state index contributed by atoms with van der Waals surface area (Å²) in [7, 11) is 0. The maximum absolute atomic E-state index is 13.2. The van der Waals surface area contributed by atoms with Crippen molar-refractivity contribution in [1.82, 2.24) is 14.7 Å². The molecule has 2 heterocycles. The van der Waals surface area contributed by atoms with E-state index in [1.165, 1.54) is 0 Å². The smallest absolute Gasteiger partial charge is 0.257 e. The monoisotopic (exact) mass is 410 g/mol. The minimum atomic E-state index is 0. The molecule has 7 heteroatoms. The molecule has 1 aliphatic rings. The summed E-state index contributed by atoms with van der Waals surface area (Å²) in [5, 5.41) is 5.19. The molecule has 1 fully saturated rings. The maximum Gasteiger partial charge on any atom is 0.257 e. The number of aromatic nitrogens is 2. The van der Waals surface area contributed by atoms with Crippen LogP contribution in [-0.4, -0.2) is 39.7 Å². The molecule has 1 saturated heterocycles. The Morgan fingerprint density at radius 2 is 1.93 bits per heavy atom. The van der Waals surface area contributed by atoms with Crippen molar-refractivity contribution in [2.24, 2.45) is 11.7 Å². The SMILES string of the molecule is CC(C)c1c(C(=O)N2CCCC(C(C)N)C2)cnn1-c1ccc(Cl)cc1.Cl. The first-order valence-corrected chi connectivity index (χ1v) is 9.65. The van der Waals surface area contributed by atoms with E-state index in [2.05, 4.69) is 18.9 Å². The first kappa shape index (κ1) is 21.7. The van der Waals surface area contributed by atoms with E-state index < -0.39 is 0 Å². The summed E-state index contributed by atoms with van der Waals surface area (Å²) in [4.78, 5) is 15.1. The van der Waals surface area contributed by atoms with E-state index >= 15 is 0 Å². The number of carbonyl (C=O) groups excluding carboxylic acids is 1. The molecule has 2 atom stereocenters. The lowest BCUT2D eigenvalue weighted by atomic mass is 9.91. The molecule has 2 N–H and O–H groups in total. The van der Waals surface area contributed by atoms with Crippen LogP contribution in [0.25, 0.3) is 5.69 Å². The predicted molar refractivity (Wildman–Crippen MR) is 112 cm³/mol. The van der Waals surface area contributed by atoms with Crippen LogP contribution in [0.1, 0.15) is 55.6 Å². The van der Waals surface area contributed by atoms with Crippen molar-refractivity contribution in [1.29, 1.82) is 0 Å². The molecular formula is C20H28Cl2N4O. The third-order valence-corrected chi connectivity index (χ3v) is 5.40. The lowest BCUT2D eigenvalue weighted by Crippen LogP contribution is -2.45. The van der Waals surface area contributed by atoms with Crippen molar-refractivity contribution in [2.45, 2.75) is 45.6 Å². The first-order valence-electron chi connectivity index (χ1n) is 9.27. The van der Waals surface area contributed by atoms with E-state index in [1.54, 1.807) is 6.20 Å². The summed E-state index contributed by atoms with van der Waals surface area (Å²) in [5.74, 6) is 0.585. The Kier molecular flexibility index (Phi) is 7.32. The number of nitrogens with zero attached hydrogens (tertiary/aromatic N) is 3. The van der Waals surface area contributed by atoms with Gasteiger partial charge in [-0.15, -0.1) is 12.4 Å². The van der Waals surface area contributed by atoms with Gasteiger partial charge in [-0.25, -0.2) is 4.68 Å². The third-order valence-electron chi connectivity index (χ3n) is 5.14. The lowest BCUT2D eigenvalue weighted by molar-refractivity contribution is 0.0659. The van der Waals surface area contributed by atoms with E-state index in [0.717, 1.165) is 37.3 Å². The average molecular weight is 411 g/mol. The fraction of sp³-hybridized carbons (Fsp3) is 0.500. The number of piperidine rings is 1. The Morgan fingerprint density at radius 1 is 1.26 bits per heavy atom. The molecule has 1 amide bonds. The number of nitrogens with two attached hydrogens (primary N) is 1. The zero-order valence-corrected chi connectivity index (χ0v) is 17.6. The number of halogens is 2. The molecule has 2 aromatic rings. The van der Waals surface area contributed by atoms with Gasteiger partial charge in [0, 0.05) is 24.2 Å². The van der Waals surface area contributed by atoms with Gasteiger partial charge in [0.25, 0.3) is 5.91 Å². The zero-order chi connectivity index (χ0) is 18.8. The molecule has 148 valence electrons. The number of carbonyl (C=O) groups is 1. The summed E-state index contributed by atoms with van der Waals surface area (Å²) < 4.78 is 1.85. The Morgan fingerprint density at radius 3 is 2.52 bits per heavy atom. The molecule has 0 spiro atoms. The van der Waals surface area contributed by atoms with Crippen LogP contribution in [0.4, 0.5) is 0 Å². The molecule has 27 heavy (non-hydrogen) atoms. The van der Waals surface area contributed by atoms with Crippen LogP contribution in [0.5, 0.6) is 0 Å². The van der Waals surface area contributed by atoms with E-state index in [1.807, 2.05) is 40.8 Å². The topological polar surface area (TPSA) is 64.2 Å². The van der Waals surface area contributed by atoms with E-state index in [0.29, 0.717) is 16.5 Å². The van der Waals surface area contributed by atoms with Crippen LogP contribution in [-0.2, 0) is 0 Å². The maximum atomic E-state index is 13.2. The van der Waals surface area contributed by atoms with E-state index in [4.69, 9.17) is 17.3 Å². The minimum Gasteiger partial charge on any atom is -0.338 e. The van der Waals surface area contributed by atoms with Crippen LogP contribution in [0.2, 0.25) is 5.02 Å². The van der Waals surface area contributed by atoms with Crippen molar-refractivity contribution in [3.8, 4) is 5.69 Å². The normalized spacial score (nSPS) is 18.3. The van der Waals surface area contributed by atoms with Crippen LogP contribution >= 0.6 is 24.0 Å². The summed E-state index contributed by atoms with van der Waals surface area (Å²) in [5.41, 5.74) is 8.59. The van der Waals surface area contributed by atoms with Crippen molar-refractivity contribution < 1.29 is 4.79 Å². The third kappa shape index (κ3) is 4.65. The second kappa shape index (κ2) is 9.09. The van der Waals surface area contributed by atoms with Gasteiger partial charge >= 0.3 is 0 Å². The number of benzene rings is 1. The molecule has 0 radical (unpaired) electrons. The van der Waals surface area contributed by atoms with Gasteiger partial charge in [0.15, 0.2) is 0 Å². The molecule has 1 aliphatic heterocycles. The number of hydrogen-bond acceptors (Lipinski definition) is 3. The Hall–Kier alpha value is -1.56. The number of amides is 1. The van der Waals surface area contributed by atoms with Gasteiger partial charge in [0.1, 0.15) is 0 Å². The highest BCUT2D eigenvalue weighted by Gasteiger charge is 2.29. The van der Waals surface area contributed by atoms with Gasteiger partial charge in [-0.3, -0.25) is 4.79 Å². The average Bonchev–Trinajstić information content (AvgIpc) is 3.07. The number of rotatable bonds is 4. The molecule has 0 bridgehead atoms. The molecule has 1 aromatic heterocycles. The lowest BCUT2D eigenvalue weighted by Gasteiger charge is -2.34. The summed E-state index contributed by atoms with van der Waals surface area (Å²) in [6, 6.07) is 7.61. The van der Waals surface area contributed by atoms with Crippen molar-refractivity contribution in [3.63, 3.8) is 0 Å². The fourth-order valence-corrected chi connectivity index (χ4v) is 3.79. The summed E-state index contributed by atoms with van der Waals surface area (Å²) >= 11 is 6.00. The van der Waals surface area contributed by atoms with Crippen LogP contribution < -0.4 is 5.73 Å². The van der Waals surface area contributed by atoms with Gasteiger partial charge in [0.05, 0.1) is 23.1 Å². The Labute approximate surface area is 172 Å². The standard InChI is InChI=1S/C20H27ClN4O.ClH/c1-13(2)19-18(11-23-25(19)17-8-6-16(21)7-9-17)20(26)24-10-4-5-15(12-24)14(3)22;/h6-9,11,13-15H,4-5,10,12,22H2,1-3H3;1H. The second-order valence-electron chi connectivity index (χ2n) is 7.50. The van der Waals surface area contributed by atoms with Crippen molar-refractivity contribution >= 4 is 29.9 Å². The molecule has 3 rings (SSSR count). The largest absolute Gasteiger partial charge is 0.338 e. The van der Waals surface area contributed by atoms with E-state index in [-0.39, 0.29) is 30.3 Å². The number of hydrogen-bond donors (Lipinski definition) is 1. The molecule has 5 nitrogen and oxygen atoms in total. The molecule has 1 aromatic carbocycles. The van der Waals surface area contributed by atoms with Gasteiger partial charge in [-0.2, -0.15) is 5.10 Å². The van der Waals surface area contributed by atoms with Gasteiger partial charge in [0.2, 0.25) is 0 Å². The second-order valence-corrected chi connectivity index (χ2v) is 7.94. The quantitative estimate of drug-likeness (QED) is 0.817. The highest BCUT2D eigenvalue weighted by Crippen LogP contribution is 2.27. The predicted octanol–water partition coefficient (Wildman–Crippen LogP) is 4.27. The first-order chi connectivity index (χ1) is 12.4. The minimum absolute atomic E-state index is 0. The summed E-state index contributed by atoms with van der Waals surface area (Å²) in [6.07, 6.45) is 3.78. The molecular weight excluding hydrogens is 383 g/mol. The molecule has 0 aliphatic carbocycles. The molecule has 0 saturated carbocycles. The van der Waals surface area contributed by atoms with Crippen LogP contribution in [0, 0.1) is 5.92 Å². The Bertz CT molecular complexity index is 771. The van der Waals surface area contributed by atoms with Gasteiger partial charge in [-0.1, -0.05) is 25.4 Å². The Balaban J connectivity index is 0.00000261. The van der Waals surface area contributed by atoms with Crippen molar-refractivity contribution in [2.75, 3.05) is 13.1 Å². The van der Waals surface area contributed by atoms with Crippen LogP contribution in [0.15, 0.2) is 30.5 Å². The number of likely N-dealkylation sites (tertiary alicyclic amines) is 1. The van der Waals surface area contributed by atoms with Gasteiger partial charge < -0.3 is 10.6 Å². The van der Waals surface area contributed by atoms with Crippen LogP contribution in [0.3, 0.4) is 0 Å². The summed E-state index contributed by atoms with van der Waals surface area (Å²) in [6.45, 7) is 7.70. The molecule has 2 unspecified atom stereocenters. The van der Waals surface area contributed by atoms with E-state index in [9.17, 15) is 4.79 Å². The zero-order valence-electron chi connectivity index (χ0n) is 16.1. The highest BCUT2D eigenvalue weighted by atomic mass is 35.5.